The van der Waals surface area contributed by atoms with Crippen molar-refractivity contribution >= 4 is 23.6 Å². The number of hydrogen-bond acceptors (Lipinski definition) is 4. The van der Waals surface area contributed by atoms with Crippen LogP contribution in [-0.2, 0) is 27.2 Å². The van der Waals surface area contributed by atoms with Crippen molar-refractivity contribution in [3.63, 3.8) is 0 Å². The van der Waals surface area contributed by atoms with Gasteiger partial charge in [-0.2, -0.15) is 0 Å². The smallest absolute Gasteiger partial charge is 0.319 e. The lowest BCUT2D eigenvalue weighted by atomic mass is 10.0. The van der Waals surface area contributed by atoms with Gasteiger partial charge in [-0.3, -0.25) is 9.59 Å². The molecule has 1 unspecified atom stereocenters. The van der Waals surface area contributed by atoms with Crippen LogP contribution in [0.3, 0.4) is 0 Å². The lowest BCUT2D eigenvalue weighted by molar-refractivity contribution is -0.140. The molecule has 1 aliphatic heterocycles. The molecule has 0 radical (unpaired) electrons. The van der Waals surface area contributed by atoms with Crippen molar-refractivity contribution < 1.29 is 14.3 Å². The van der Waals surface area contributed by atoms with E-state index < -0.39 is 0 Å². The Morgan fingerprint density at radius 1 is 1.21 bits per heavy atom. The molecule has 1 heterocycles. The van der Waals surface area contributed by atoms with Crippen LogP contribution in [0.15, 0.2) is 35.4 Å². The van der Waals surface area contributed by atoms with Crippen molar-refractivity contribution in [2.45, 2.75) is 63.9 Å². The van der Waals surface area contributed by atoms with E-state index in [-0.39, 0.29) is 17.1 Å². The molecule has 1 aromatic carbocycles. The Kier molecular flexibility index (Phi) is 8.61. The molecule has 4 nitrogen and oxygen atoms in total. The van der Waals surface area contributed by atoms with E-state index in [2.05, 4.69) is 45.0 Å². The van der Waals surface area contributed by atoms with Crippen LogP contribution in [-0.4, -0.2) is 47.5 Å². The Hall–Kier alpha value is -1.75. The summed E-state index contributed by atoms with van der Waals surface area (Å²) in [5.41, 5.74) is 4.62. The molecule has 0 spiro atoms. The Balaban J connectivity index is 1.84. The highest BCUT2D eigenvalue weighted by molar-refractivity contribution is 8.01. The van der Waals surface area contributed by atoms with Gasteiger partial charge in [0, 0.05) is 18.7 Å². The highest BCUT2D eigenvalue weighted by Crippen LogP contribution is 2.24. The second-order valence-electron chi connectivity index (χ2n) is 7.66. The molecular formula is C23H33NO3S. The van der Waals surface area contributed by atoms with E-state index in [1.54, 1.807) is 11.8 Å². The number of nitrogens with zero attached hydrogens (tertiary/aromatic N) is 1. The topological polar surface area (TPSA) is 46.6 Å². The maximum atomic E-state index is 12.3. The van der Waals surface area contributed by atoms with Gasteiger partial charge in [0.25, 0.3) is 0 Å². The van der Waals surface area contributed by atoms with E-state index in [0.717, 1.165) is 43.5 Å². The van der Waals surface area contributed by atoms with E-state index in [0.29, 0.717) is 11.7 Å². The number of methoxy groups -OCH3 is 1. The van der Waals surface area contributed by atoms with Crippen molar-refractivity contribution in [2.24, 2.45) is 0 Å². The van der Waals surface area contributed by atoms with Gasteiger partial charge >= 0.3 is 5.97 Å². The van der Waals surface area contributed by atoms with Crippen molar-refractivity contribution in [2.75, 3.05) is 20.2 Å². The molecule has 0 bridgehead atoms. The minimum atomic E-state index is -0.166. The molecule has 1 atom stereocenters. The number of rotatable bonds is 10. The molecule has 1 aliphatic rings. The normalized spacial score (nSPS) is 15.5. The Labute approximate surface area is 173 Å². The summed E-state index contributed by atoms with van der Waals surface area (Å²) in [7, 11) is 1.45. The number of ether oxygens (including phenoxy) is 1. The number of hydrogen-bond donors (Lipinski definition) is 0. The van der Waals surface area contributed by atoms with Gasteiger partial charge in [0.2, 0.25) is 5.91 Å². The maximum absolute atomic E-state index is 12.3. The second-order valence-corrected chi connectivity index (χ2v) is 9.44. The van der Waals surface area contributed by atoms with E-state index in [4.69, 9.17) is 4.74 Å². The third-order valence-electron chi connectivity index (χ3n) is 5.08. The van der Waals surface area contributed by atoms with E-state index in [1.807, 2.05) is 11.8 Å². The third kappa shape index (κ3) is 6.13. The van der Waals surface area contributed by atoms with Crippen LogP contribution in [0.1, 0.15) is 51.7 Å². The number of aryl methyl sites for hydroxylation is 1. The van der Waals surface area contributed by atoms with Gasteiger partial charge in [-0.15, -0.1) is 11.8 Å². The van der Waals surface area contributed by atoms with Crippen molar-refractivity contribution in [3.05, 3.63) is 46.5 Å². The molecule has 0 aliphatic carbocycles. The molecule has 0 N–H and O–H groups in total. The van der Waals surface area contributed by atoms with Gasteiger partial charge in [0.15, 0.2) is 0 Å². The summed E-state index contributed by atoms with van der Waals surface area (Å²) in [5, 5.41) is 0.212. The van der Waals surface area contributed by atoms with E-state index in [1.165, 1.54) is 18.2 Å². The largest absolute Gasteiger partial charge is 0.468 e. The molecule has 154 valence electrons. The van der Waals surface area contributed by atoms with Gasteiger partial charge in [-0.1, -0.05) is 45.0 Å². The van der Waals surface area contributed by atoms with Crippen molar-refractivity contribution in [1.82, 2.24) is 4.90 Å². The number of carbonyl (C=O) groups excluding carboxylic acids is 2. The summed E-state index contributed by atoms with van der Waals surface area (Å²) in [6, 6.07) is 8.48. The predicted molar refractivity (Wildman–Crippen MR) is 117 cm³/mol. The van der Waals surface area contributed by atoms with Gasteiger partial charge in [-0.25, -0.2) is 0 Å². The number of esters is 1. The molecule has 2 rings (SSSR count). The van der Waals surface area contributed by atoms with E-state index >= 15 is 0 Å². The van der Waals surface area contributed by atoms with Crippen LogP contribution in [0.2, 0.25) is 0 Å². The zero-order chi connectivity index (χ0) is 20.7. The SMILES string of the molecule is CCC1=C(C)CN(CCCc2ccc(CC(SC(C)C)C(=O)OC)cc2)C1=O. The fourth-order valence-corrected chi connectivity index (χ4v) is 4.79. The highest BCUT2D eigenvalue weighted by Gasteiger charge is 2.26. The van der Waals surface area contributed by atoms with Crippen LogP contribution >= 0.6 is 11.8 Å². The van der Waals surface area contributed by atoms with Crippen LogP contribution in [0, 0.1) is 0 Å². The first-order valence-corrected chi connectivity index (χ1v) is 11.1. The molecule has 1 amide bonds. The fourth-order valence-electron chi connectivity index (χ4n) is 3.64. The first-order chi connectivity index (χ1) is 13.3. The Morgan fingerprint density at radius 2 is 1.86 bits per heavy atom. The van der Waals surface area contributed by atoms with Crippen LogP contribution < -0.4 is 0 Å². The number of carbonyl (C=O) groups is 2. The highest BCUT2D eigenvalue weighted by atomic mass is 32.2. The number of benzene rings is 1. The van der Waals surface area contributed by atoms with Crippen LogP contribution in [0.25, 0.3) is 0 Å². The summed E-state index contributed by atoms with van der Waals surface area (Å²) in [4.78, 5) is 26.3. The van der Waals surface area contributed by atoms with Crippen molar-refractivity contribution in [1.29, 1.82) is 0 Å². The van der Waals surface area contributed by atoms with E-state index in [9.17, 15) is 9.59 Å². The van der Waals surface area contributed by atoms with Crippen LogP contribution in [0.5, 0.6) is 0 Å². The summed E-state index contributed by atoms with van der Waals surface area (Å²) in [6.07, 6.45) is 3.42. The maximum Gasteiger partial charge on any atom is 0.319 e. The monoisotopic (exact) mass is 403 g/mol. The number of amides is 1. The van der Waals surface area contributed by atoms with Gasteiger partial charge in [0.1, 0.15) is 5.25 Å². The summed E-state index contributed by atoms with van der Waals surface area (Å²) < 4.78 is 4.95. The van der Waals surface area contributed by atoms with Gasteiger partial charge < -0.3 is 9.64 Å². The van der Waals surface area contributed by atoms with Crippen LogP contribution in [0.4, 0.5) is 0 Å². The Bertz CT molecular complexity index is 709. The fraction of sp³-hybridized carbons (Fsp3) is 0.565. The lowest BCUT2D eigenvalue weighted by Crippen LogP contribution is -2.28. The average molecular weight is 404 g/mol. The average Bonchev–Trinajstić information content (AvgIpc) is 2.94. The quantitative estimate of drug-likeness (QED) is 0.543. The minimum Gasteiger partial charge on any atom is -0.468 e. The second kappa shape index (κ2) is 10.7. The first kappa shape index (κ1) is 22.5. The molecule has 0 saturated heterocycles. The molecule has 1 aromatic rings. The minimum absolute atomic E-state index is 0.159. The van der Waals surface area contributed by atoms with Gasteiger partial charge in [0.05, 0.1) is 7.11 Å². The molecular weight excluding hydrogens is 370 g/mol. The molecule has 5 heteroatoms. The number of thioether (sulfide) groups is 1. The summed E-state index contributed by atoms with van der Waals surface area (Å²) in [6.45, 7) is 9.88. The zero-order valence-corrected chi connectivity index (χ0v) is 18.6. The van der Waals surface area contributed by atoms with Gasteiger partial charge in [-0.05, 0) is 54.6 Å². The molecule has 28 heavy (non-hydrogen) atoms. The summed E-state index contributed by atoms with van der Waals surface area (Å²) in [5.74, 6) is 0.0558. The third-order valence-corrected chi connectivity index (χ3v) is 6.31. The summed E-state index contributed by atoms with van der Waals surface area (Å²) >= 11 is 1.65. The molecule has 0 fully saturated rings. The molecule has 0 aromatic heterocycles. The zero-order valence-electron chi connectivity index (χ0n) is 17.8. The molecule has 0 saturated carbocycles. The standard InChI is InChI=1S/C23H33NO3S/c1-6-20-17(4)15-24(22(20)25)13-7-8-18-9-11-19(12-10-18)14-21(23(26)27-5)28-16(2)3/h9-12,16,21H,6-8,13-15H2,1-5H3. The first-order valence-electron chi connectivity index (χ1n) is 10.1. The van der Waals surface area contributed by atoms with Crippen molar-refractivity contribution in [3.8, 4) is 0 Å². The lowest BCUT2D eigenvalue weighted by Gasteiger charge is -2.17. The predicted octanol–water partition coefficient (Wildman–Crippen LogP) is 4.41. The Morgan fingerprint density at radius 3 is 2.39 bits per heavy atom.